The van der Waals surface area contributed by atoms with Crippen LogP contribution in [-0.4, -0.2) is 40.8 Å². The van der Waals surface area contributed by atoms with Gasteiger partial charge in [-0.15, -0.1) is 0 Å². The number of aryl methyl sites for hydroxylation is 2. The van der Waals surface area contributed by atoms with E-state index in [-0.39, 0.29) is 18.3 Å². The Morgan fingerprint density at radius 2 is 1.74 bits per heavy atom. The van der Waals surface area contributed by atoms with Gasteiger partial charge in [0, 0.05) is 19.2 Å². The first-order chi connectivity index (χ1) is 17.0. The highest BCUT2D eigenvalue weighted by atomic mass is 19.1. The molecule has 0 radical (unpaired) electrons. The van der Waals surface area contributed by atoms with Crippen molar-refractivity contribution in [3.63, 3.8) is 0 Å². The molecule has 1 heterocycles. The van der Waals surface area contributed by atoms with E-state index in [1.54, 1.807) is 16.7 Å². The molecule has 35 heavy (non-hydrogen) atoms. The van der Waals surface area contributed by atoms with E-state index in [1.807, 2.05) is 68.4 Å². The molecule has 4 aromatic rings. The predicted molar refractivity (Wildman–Crippen MR) is 133 cm³/mol. The summed E-state index contributed by atoms with van der Waals surface area (Å²) >= 11 is 0. The van der Waals surface area contributed by atoms with Gasteiger partial charge in [-0.2, -0.15) is 5.10 Å². The zero-order chi connectivity index (χ0) is 24.8. The summed E-state index contributed by atoms with van der Waals surface area (Å²) in [5.74, 6) is 0.597. The summed E-state index contributed by atoms with van der Waals surface area (Å²) in [6.07, 6.45) is 0. The topological polar surface area (TPSA) is 56.6 Å². The van der Waals surface area contributed by atoms with Crippen molar-refractivity contribution >= 4 is 5.91 Å². The second-order valence-electron chi connectivity index (χ2n) is 8.26. The molecule has 0 bridgehead atoms. The number of aromatic nitrogens is 2. The molecule has 0 unspecified atom stereocenters. The number of ether oxygens (including phenoxy) is 2. The van der Waals surface area contributed by atoms with Crippen LogP contribution in [0.3, 0.4) is 0 Å². The average molecular weight is 474 g/mol. The third-order valence-corrected chi connectivity index (χ3v) is 5.63. The fourth-order valence-electron chi connectivity index (χ4n) is 3.78. The first kappa shape index (κ1) is 24.2. The van der Waals surface area contributed by atoms with Crippen LogP contribution in [0.4, 0.5) is 4.39 Å². The van der Waals surface area contributed by atoms with E-state index in [9.17, 15) is 9.18 Å². The van der Waals surface area contributed by atoms with Crippen LogP contribution >= 0.6 is 0 Å². The van der Waals surface area contributed by atoms with Gasteiger partial charge in [0.25, 0.3) is 5.91 Å². The minimum absolute atomic E-state index is 0.226. The molecule has 0 saturated heterocycles. The van der Waals surface area contributed by atoms with E-state index in [2.05, 4.69) is 0 Å². The van der Waals surface area contributed by atoms with Gasteiger partial charge < -0.3 is 14.4 Å². The van der Waals surface area contributed by atoms with Crippen LogP contribution in [0.25, 0.3) is 5.69 Å². The Morgan fingerprint density at radius 3 is 2.43 bits per heavy atom. The molecule has 3 aromatic carbocycles. The van der Waals surface area contributed by atoms with E-state index in [0.717, 1.165) is 22.5 Å². The maximum Gasteiger partial charge on any atom is 0.254 e. The molecule has 1 aromatic heterocycles. The minimum atomic E-state index is -0.390. The predicted octanol–water partition coefficient (Wildman–Crippen LogP) is 5.71. The molecule has 0 spiro atoms. The Labute approximate surface area is 204 Å². The van der Waals surface area contributed by atoms with E-state index >= 15 is 0 Å². The molecular weight excluding hydrogens is 445 g/mol. The van der Waals surface area contributed by atoms with E-state index in [4.69, 9.17) is 14.6 Å². The number of rotatable bonds is 9. The van der Waals surface area contributed by atoms with Gasteiger partial charge in [-0.3, -0.25) is 4.79 Å². The second-order valence-corrected chi connectivity index (χ2v) is 8.26. The van der Waals surface area contributed by atoms with Crippen LogP contribution < -0.4 is 4.74 Å². The van der Waals surface area contributed by atoms with E-state index in [0.29, 0.717) is 30.3 Å². The summed E-state index contributed by atoms with van der Waals surface area (Å²) < 4.78 is 26.8. The lowest BCUT2D eigenvalue weighted by molar-refractivity contribution is 0.0679. The third kappa shape index (κ3) is 5.75. The summed E-state index contributed by atoms with van der Waals surface area (Å²) in [6, 6.07) is 23.0. The highest BCUT2D eigenvalue weighted by Gasteiger charge is 2.24. The van der Waals surface area contributed by atoms with Crippen LogP contribution in [0.15, 0.2) is 78.9 Å². The molecule has 1 amide bonds. The van der Waals surface area contributed by atoms with Gasteiger partial charge in [0.15, 0.2) is 0 Å². The summed E-state index contributed by atoms with van der Waals surface area (Å²) in [7, 11) is 1.59. The van der Waals surface area contributed by atoms with Crippen molar-refractivity contribution in [2.24, 2.45) is 0 Å². The zero-order valence-corrected chi connectivity index (χ0v) is 20.1. The Kier molecular flexibility index (Phi) is 7.57. The van der Waals surface area contributed by atoms with Crippen LogP contribution in [0, 0.1) is 19.7 Å². The van der Waals surface area contributed by atoms with Crippen molar-refractivity contribution in [1.82, 2.24) is 14.7 Å². The molecule has 7 heteroatoms. The van der Waals surface area contributed by atoms with Crippen LogP contribution in [-0.2, 0) is 11.3 Å². The smallest absolute Gasteiger partial charge is 0.254 e. The molecule has 0 fully saturated rings. The number of halogens is 1. The largest absolute Gasteiger partial charge is 0.439 e. The molecule has 4 rings (SSSR count). The highest BCUT2D eigenvalue weighted by Crippen LogP contribution is 2.32. The first-order valence-corrected chi connectivity index (χ1v) is 11.4. The lowest BCUT2D eigenvalue weighted by atomic mass is 10.1. The Morgan fingerprint density at radius 1 is 1.00 bits per heavy atom. The van der Waals surface area contributed by atoms with Crippen LogP contribution in [0.2, 0.25) is 0 Å². The van der Waals surface area contributed by atoms with Crippen molar-refractivity contribution in [3.05, 3.63) is 107 Å². The number of amides is 1. The number of carbonyl (C=O) groups is 1. The van der Waals surface area contributed by atoms with Crippen molar-refractivity contribution in [3.8, 4) is 17.3 Å². The van der Waals surface area contributed by atoms with Crippen LogP contribution in [0.5, 0.6) is 11.6 Å². The van der Waals surface area contributed by atoms with Crippen molar-refractivity contribution in [1.29, 1.82) is 0 Å². The molecule has 0 N–H and O–H groups in total. The Balaban J connectivity index is 1.75. The zero-order valence-electron chi connectivity index (χ0n) is 20.1. The lowest BCUT2D eigenvalue weighted by Gasteiger charge is -2.23. The number of para-hydroxylation sites is 1. The van der Waals surface area contributed by atoms with Crippen molar-refractivity contribution in [2.75, 3.05) is 20.3 Å². The number of hydrogen-bond acceptors (Lipinski definition) is 4. The molecule has 0 atom stereocenters. The van der Waals surface area contributed by atoms with Gasteiger partial charge in [-0.05, 0) is 67.9 Å². The molecule has 180 valence electrons. The maximum atomic E-state index is 13.4. The summed E-state index contributed by atoms with van der Waals surface area (Å²) in [4.78, 5) is 15.0. The quantitative estimate of drug-likeness (QED) is 0.313. The number of hydrogen-bond donors (Lipinski definition) is 0. The third-order valence-electron chi connectivity index (χ3n) is 5.63. The number of carbonyl (C=O) groups excluding carboxylic acids is 1. The molecule has 0 saturated carbocycles. The van der Waals surface area contributed by atoms with E-state index in [1.165, 1.54) is 24.3 Å². The standard InChI is InChI=1S/C28H28FN3O3/c1-20-8-7-11-25(18-20)35-28-26(21(2)30-32(28)24-9-5-4-6-10-24)19-31(16-17-34-3)27(33)22-12-14-23(29)15-13-22/h4-15,18H,16-17,19H2,1-3H3. The fraction of sp³-hybridized carbons (Fsp3) is 0.214. The monoisotopic (exact) mass is 473 g/mol. The molecule has 0 aliphatic heterocycles. The Bertz CT molecular complexity index is 1290. The lowest BCUT2D eigenvalue weighted by Crippen LogP contribution is -2.33. The SMILES string of the molecule is COCCN(Cc1c(C)nn(-c2ccccc2)c1Oc1cccc(C)c1)C(=O)c1ccc(F)cc1. The van der Waals surface area contributed by atoms with Gasteiger partial charge in [0.1, 0.15) is 11.6 Å². The van der Waals surface area contributed by atoms with E-state index < -0.39 is 0 Å². The minimum Gasteiger partial charge on any atom is -0.439 e. The molecule has 0 aliphatic carbocycles. The van der Waals surface area contributed by atoms with Gasteiger partial charge in [0.05, 0.1) is 30.1 Å². The number of methoxy groups -OCH3 is 1. The average Bonchev–Trinajstić information content (AvgIpc) is 3.17. The van der Waals surface area contributed by atoms with Crippen molar-refractivity contribution in [2.45, 2.75) is 20.4 Å². The Hall–Kier alpha value is -3.97. The van der Waals surface area contributed by atoms with Crippen molar-refractivity contribution < 1.29 is 18.7 Å². The summed E-state index contributed by atoms with van der Waals surface area (Å²) in [6.45, 7) is 4.86. The summed E-state index contributed by atoms with van der Waals surface area (Å²) in [5.41, 5.74) is 3.84. The molecule has 0 aliphatic rings. The van der Waals surface area contributed by atoms with Gasteiger partial charge in [0.2, 0.25) is 5.88 Å². The summed E-state index contributed by atoms with van der Waals surface area (Å²) in [5, 5.41) is 4.75. The highest BCUT2D eigenvalue weighted by molar-refractivity contribution is 5.94. The first-order valence-electron chi connectivity index (χ1n) is 11.4. The number of nitrogens with zero attached hydrogens (tertiary/aromatic N) is 3. The maximum absolute atomic E-state index is 13.4. The second kappa shape index (κ2) is 11.0. The number of benzene rings is 3. The van der Waals surface area contributed by atoms with Crippen LogP contribution in [0.1, 0.15) is 27.2 Å². The molecular formula is C28H28FN3O3. The fourth-order valence-corrected chi connectivity index (χ4v) is 3.78. The van der Waals surface area contributed by atoms with Gasteiger partial charge >= 0.3 is 0 Å². The molecule has 6 nitrogen and oxygen atoms in total. The van der Waals surface area contributed by atoms with Gasteiger partial charge in [-0.1, -0.05) is 30.3 Å². The van der Waals surface area contributed by atoms with Gasteiger partial charge in [-0.25, -0.2) is 9.07 Å². The normalized spacial score (nSPS) is 10.9.